The van der Waals surface area contributed by atoms with Crippen molar-refractivity contribution in [3.8, 4) is 0 Å². The lowest BCUT2D eigenvalue weighted by atomic mass is 9.96. The number of likely N-dealkylation sites (N-methyl/N-ethyl adjacent to an activating group) is 1. The highest BCUT2D eigenvalue weighted by molar-refractivity contribution is 5.83. The van der Waals surface area contributed by atoms with Crippen LogP contribution < -0.4 is 0 Å². The summed E-state index contributed by atoms with van der Waals surface area (Å²) in [5, 5.41) is 8.85. The number of carbonyl (C=O) groups is 2. The van der Waals surface area contributed by atoms with E-state index in [9.17, 15) is 9.59 Å². The molecule has 2 fully saturated rings. The highest BCUT2D eigenvalue weighted by Gasteiger charge is 2.37. The number of piperidine rings is 1. The van der Waals surface area contributed by atoms with Crippen LogP contribution in [0.25, 0.3) is 0 Å². The Hall–Kier alpha value is -1.10. The third kappa shape index (κ3) is 3.02. The third-order valence-corrected chi connectivity index (χ3v) is 3.82. The summed E-state index contributed by atoms with van der Waals surface area (Å²) in [4.78, 5) is 27.5. The third-order valence-electron chi connectivity index (χ3n) is 3.82. The first-order valence-electron chi connectivity index (χ1n) is 6.78. The molecule has 1 aliphatic heterocycles. The van der Waals surface area contributed by atoms with Crippen molar-refractivity contribution in [2.24, 2.45) is 11.8 Å². The number of hydrogen-bond donors (Lipinski definition) is 1. The second-order valence-electron chi connectivity index (χ2n) is 5.38. The molecule has 2 amide bonds. The van der Waals surface area contributed by atoms with E-state index >= 15 is 0 Å². The predicted octanol–water partition coefficient (Wildman–Crippen LogP) is 0.0857. The molecule has 1 saturated heterocycles. The van der Waals surface area contributed by atoms with Gasteiger partial charge in [-0.15, -0.1) is 0 Å². The summed E-state index contributed by atoms with van der Waals surface area (Å²) >= 11 is 0. The van der Waals surface area contributed by atoms with Crippen molar-refractivity contribution >= 4 is 11.8 Å². The summed E-state index contributed by atoms with van der Waals surface area (Å²) in [5.41, 5.74) is 0. The van der Waals surface area contributed by atoms with E-state index in [1.54, 1.807) is 11.9 Å². The van der Waals surface area contributed by atoms with Crippen molar-refractivity contribution < 1.29 is 14.7 Å². The Balaban J connectivity index is 1.89. The molecule has 2 rings (SSSR count). The smallest absolute Gasteiger partial charge is 0.227 e. The van der Waals surface area contributed by atoms with Crippen molar-refractivity contribution in [2.45, 2.75) is 25.7 Å². The molecular weight excluding hydrogens is 232 g/mol. The minimum absolute atomic E-state index is 0.0142. The maximum Gasteiger partial charge on any atom is 0.227 e. The van der Waals surface area contributed by atoms with Gasteiger partial charge in [-0.05, 0) is 25.7 Å². The van der Waals surface area contributed by atoms with E-state index in [-0.39, 0.29) is 30.3 Å². The minimum Gasteiger partial charge on any atom is -0.395 e. The summed E-state index contributed by atoms with van der Waals surface area (Å²) in [7, 11) is 1.71. The van der Waals surface area contributed by atoms with E-state index < -0.39 is 0 Å². The van der Waals surface area contributed by atoms with Gasteiger partial charge in [0.25, 0.3) is 0 Å². The Bertz CT molecular complexity index is 328. The zero-order valence-corrected chi connectivity index (χ0v) is 11.0. The molecule has 0 spiro atoms. The fourth-order valence-corrected chi connectivity index (χ4v) is 2.54. The molecule has 1 heterocycles. The van der Waals surface area contributed by atoms with Gasteiger partial charge in [-0.2, -0.15) is 0 Å². The molecule has 0 radical (unpaired) electrons. The maximum atomic E-state index is 12.1. The lowest BCUT2D eigenvalue weighted by Gasteiger charge is -2.34. The zero-order valence-electron chi connectivity index (χ0n) is 11.0. The lowest BCUT2D eigenvalue weighted by molar-refractivity contribution is -0.140. The summed E-state index contributed by atoms with van der Waals surface area (Å²) in [6, 6.07) is 0. The van der Waals surface area contributed by atoms with E-state index in [1.807, 2.05) is 4.90 Å². The average Bonchev–Trinajstić information content (AvgIpc) is 3.22. The highest BCUT2D eigenvalue weighted by Crippen LogP contribution is 2.32. The number of rotatable bonds is 4. The van der Waals surface area contributed by atoms with Crippen molar-refractivity contribution in [1.29, 1.82) is 0 Å². The van der Waals surface area contributed by atoms with Gasteiger partial charge in [0, 0.05) is 32.6 Å². The first kappa shape index (κ1) is 13.3. The minimum atomic E-state index is -0.0852. The molecule has 1 aliphatic carbocycles. The van der Waals surface area contributed by atoms with E-state index in [0.717, 1.165) is 32.2 Å². The topological polar surface area (TPSA) is 60.9 Å². The molecular formula is C13H22N2O3. The van der Waals surface area contributed by atoms with Gasteiger partial charge in [-0.1, -0.05) is 0 Å². The Morgan fingerprint density at radius 1 is 1.28 bits per heavy atom. The highest BCUT2D eigenvalue weighted by atomic mass is 16.3. The van der Waals surface area contributed by atoms with Gasteiger partial charge in [-0.3, -0.25) is 9.59 Å². The van der Waals surface area contributed by atoms with Crippen LogP contribution >= 0.6 is 0 Å². The molecule has 5 heteroatoms. The van der Waals surface area contributed by atoms with E-state index in [2.05, 4.69) is 0 Å². The van der Waals surface area contributed by atoms with Crippen LogP contribution in [0.5, 0.6) is 0 Å². The number of aliphatic hydroxyl groups is 1. The summed E-state index contributed by atoms with van der Waals surface area (Å²) in [6.07, 6.45) is 3.78. The van der Waals surface area contributed by atoms with Gasteiger partial charge >= 0.3 is 0 Å². The summed E-state index contributed by atoms with van der Waals surface area (Å²) < 4.78 is 0. The Kier molecular flexibility index (Phi) is 4.22. The molecule has 0 aromatic carbocycles. The SMILES string of the molecule is CN(CCO)C(=O)C1CCCN(C(=O)C2CC2)C1. The van der Waals surface area contributed by atoms with Crippen LogP contribution in [0.1, 0.15) is 25.7 Å². The normalized spacial score (nSPS) is 23.9. The standard InChI is InChI=1S/C13H22N2O3/c1-14(7-8-16)12(17)11-3-2-6-15(9-11)13(18)10-4-5-10/h10-11,16H,2-9H2,1H3. The molecule has 18 heavy (non-hydrogen) atoms. The number of aliphatic hydroxyl groups excluding tert-OH is 1. The monoisotopic (exact) mass is 254 g/mol. The Morgan fingerprint density at radius 2 is 2.00 bits per heavy atom. The molecule has 0 aromatic rings. The number of likely N-dealkylation sites (tertiary alicyclic amines) is 1. The van der Waals surface area contributed by atoms with Gasteiger partial charge in [0.2, 0.25) is 11.8 Å². The maximum absolute atomic E-state index is 12.1. The van der Waals surface area contributed by atoms with Crippen LogP contribution in [-0.2, 0) is 9.59 Å². The second-order valence-corrected chi connectivity index (χ2v) is 5.38. The molecule has 1 unspecified atom stereocenters. The van der Waals surface area contributed by atoms with Crippen molar-refractivity contribution in [2.75, 3.05) is 33.3 Å². The molecule has 0 bridgehead atoms. The number of nitrogens with zero attached hydrogens (tertiary/aromatic N) is 2. The fourth-order valence-electron chi connectivity index (χ4n) is 2.54. The molecule has 2 aliphatic rings. The van der Waals surface area contributed by atoms with Crippen LogP contribution in [0, 0.1) is 11.8 Å². The van der Waals surface area contributed by atoms with E-state index in [4.69, 9.17) is 5.11 Å². The molecule has 102 valence electrons. The largest absolute Gasteiger partial charge is 0.395 e. The molecule has 1 atom stereocenters. The van der Waals surface area contributed by atoms with Gasteiger partial charge in [0.05, 0.1) is 12.5 Å². The molecule has 1 N–H and O–H groups in total. The fraction of sp³-hybridized carbons (Fsp3) is 0.846. The Morgan fingerprint density at radius 3 is 2.61 bits per heavy atom. The summed E-state index contributed by atoms with van der Waals surface area (Å²) in [5.74, 6) is 0.432. The van der Waals surface area contributed by atoms with Crippen LogP contribution in [0.4, 0.5) is 0 Å². The average molecular weight is 254 g/mol. The van der Waals surface area contributed by atoms with Gasteiger partial charge in [0.1, 0.15) is 0 Å². The number of carbonyl (C=O) groups excluding carboxylic acids is 2. The number of hydrogen-bond acceptors (Lipinski definition) is 3. The quantitative estimate of drug-likeness (QED) is 0.773. The van der Waals surface area contributed by atoms with Crippen LogP contribution in [0.2, 0.25) is 0 Å². The van der Waals surface area contributed by atoms with Gasteiger partial charge in [-0.25, -0.2) is 0 Å². The van der Waals surface area contributed by atoms with Crippen molar-refractivity contribution in [1.82, 2.24) is 9.80 Å². The zero-order chi connectivity index (χ0) is 13.1. The van der Waals surface area contributed by atoms with Crippen molar-refractivity contribution in [3.63, 3.8) is 0 Å². The first-order chi connectivity index (χ1) is 8.63. The van der Waals surface area contributed by atoms with Crippen LogP contribution in [0.3, 0.4) is 0 Å². The van der Waals surface area contributed by atoms with Crippen LogP contribution in [-0.4, -0.2) is 60.0 Å². The summed E-state index contributed by atoms with van der Waals surface area (Å²) in [6.45, 7) is 1.71. The molecule has 0 aromatic heterocycles. The van der Waals surface area contributed by atoms with Gasteiger partial charge in [0.15, 0.2) is 0 Å². The van der Waals surface area contributed by atoms with Crippen molar-refractivity contribution in [3.05, 3.63) is 0 Å². The molecule has 5 nitrogen and oxygen atoms in total. The molecule has 1 saturated carbocycles. The predicted molar refractivity (Wildman–Crippen MR) is 66.8 cm³/mol. The second kappa shape index (κ2) is 5.69. The van der Waals surface area contributed by atoms with Crippen LogP contribution in [0.15, 0.2) is 0 Å². The van der Waals surface area contributed by atoms with E-state index in [1.165, 1.54) is 0 Å². The number of amides is 2. The first-order valence-corrected chi connectivity index (χ1v) is 6.78. The Labute approximate surface area is 108 Å². The van der Waals surface area contributed by atoms with Gasteiger partial charge < -0.3 is 14.9 Å². The van der Waals surface area contributed by atoms with E-state index in [0.29, 0.717) is 13.1 Å². The lowest BCUT2D eigenvalue weighted by Crippen LogP contribution is -2.46.